The number of nitrogens with two attached hydrogens (primary N) is 1. The Kier molecular flexibility index (Phi) is 4.10. The molecule has 1 rings (SSSR count). The molecule has 0 radical (unpaired) electrons. The molecular weight excluding hydrogens is 244 g/mol. The molecule has 80 valence electrons. The molecule has 1 unspecified atom stereocenters. The first-order valence-corrected chi connectivity index (χ1v) is 5.47. The Morgan fingerprint density at radius 1 is 1.64 bits per heavy atom. The van der Waals surface area contributed by atoms with Crippen LogP contribution in [0.15, 0.2) is 10.7 Å². The summed E-state index contributed by atoms with van der Waals surface area (Å²) in [5.74, 6) is 0. The molecule has 0 aromatic carbocycles. The number of hydrogen-bond acceptors (Lipinski definition) is 3. The van der Waals surface area contributed by atoms with Crippen molar-refractivity contribution in [2.24, 2.45) is 5.73 Å². The van der Waals surface area contributed by atoms with Crippen molar-refractivity contribution >= 4 is 15.9 Å². The topological polar surface area (TPSA) is 47.1 Å². The normalized spacial score (nSPS) is 13.6. The van der Waals surface area contributed by atoms with E-state index in [4.69, 9.17) is 5.73 Å². The molecule has 0 aliphatic rings. The van der Waals surface area contributed by atoms with Crippen LogP contribution in [0.4, 0.5) is 0 Å². The minimum Gasteiger partial charge on any atom is -0.322 e. The molecule has 0 fully saturated rings. The van der Waals surface area contributed by atoms with Crippen LogP contribution >= 0.6 is 15.9 Å². The Hall–Kier alpha value is -0.390. The monoisotopic (exact) mass is 260 g/mol. The summed E-state index contributed by atoms with van der Waals surface area (Å²) in [6.07, 6.45) is 1.80. The van der Waals surface area contributed by atoms with Crippen LogP contribution in [0.2, 0.25) is 0 Å². The molecule has 5 heteroatoms. The quantitative estimate of drug-likeness (QED) is 0.886. The Balaban J connectivity index is 2.86. The van der Waals surface area contributed by atoms with Gasteiger partial charge in [0.1, 0.15) is 0 Å². The summed E-state index contributed by atoms with van der Waals surface area (Å²) in [5, 5.41) is 4.23. The maximum atomic E-state index is 6.09. The molecule has 4 nitrogen and oxygen atoms in total. The van der Waals surface area contributed by atoms with Gasteiger partial charge < -0.3 is 10.6 Å². The van der Waals surface area contributed by atoms with Gasteiger partial charge in [-0.3, -0.25) is 4.68 Å². The molecule has 0 aliphatic heterocycles. The summed E-state index contributed by atoms with van der Waals surface area (Å²) in [4.78, 5) is 2.07. The van der Waals surface area contributed by atoms with Crippen molar-refractivity contribution in [1.82, 2.24) is 14.7 Å². The lowest BCUT2D eigenvalue weighted by atomic mass is 10.2. The largest absolute Gasteiger partial charge is 0.322 e. The van der Waals surface area contributed by atoms with E-state index in [2.05, 4.69) is 32.9 Å². The number of nitrogens with zero attached hydrogens (tertiary/aromatic N) is 3. The second kappa shape index (κ2) is 4.91. The summed E-state index contributed by atoms with van der Waals surface area (Å²) in [5.41, 5.74) is 7.16. The molecular formula is C9H17BrN4. The van der Waals surface area contributed by atoms with Gasteiger partial charge in [0.2, 0.25) is 0 Å². The summed E-state index contributed by atoms with van der Waals surface area (Å²) in [6, 6.07) is 0.00169. The van der Waals surface area contributed by atoms with Crippen LogP contribution in [0.1, 0.15) is 18.7 Å². The fraction of sp³-hybridized carbons (Fsp3) is 0.667. The van der Waals surface area contributed by atoms with Gasteiger partial charge in [-0.15, -0.1) is 0 Å². The Morgan fingerprint density at radius 2 is 2.29 bits per heavy atom. The number of rotatable bonds is 4. The standard InChI is InChI=1S/C9H17BrN4/c1-4-14-9(7(10)5-12-14)8(11)6-13(2)3/h5,8H,4,6,11H2,1-3H3. The number of aromatic nitrogens is 2. The molecule has 0 bridgehead atoms. The van der Waals surface area contributed by atoms with Crippen LogP contribution in [-0.2, 0) is 6.54 Å². The molecule has 1 aromatic rings. The van der Waals surface area contributed by atoms with Crippen molar-refractivity contribution < 1.29 is 0 Å². The van der Waals surface area contributed by atoms with Gasteiger partial charge >= 0.3 is 0 Å². The van der Waals surface area contributed by atoms with E-state index in [1.807, 2.05) is 18.8 Å². The molecule has 0 aliphatic carbocycles. The highest BCUT2D eigenvalue weighted by molar-refractivity contribution is 9.10. The van der Waals surface area contributed by atoms with Crippen molar-refractivity contribution in [3.63, 3.8) is 0 Å². The minimum absolute atomic E-state index is 0.00169. The van der Waals surface area contributed by atoms with Gasteiger partial charge in [0.05, 0.1) is 22.4 Å². The van der Waals surface area contributed by atoms with E-state index in [1.54, 1.807) is 6.20 Å². The molecule has 0 saturated carbocycles. The van der Waals surface area contributed by atoms with Crippen molar-refractivity contribution in [2.75, 3.05) is 20.6 Å². The maximum absolute atomic E-state index is 6.09. The Labute approximate surface area is 93.2 Å². The summed E-state index contributed by atoms with van der Waals surface area (Å²) in [7, 11) is 4.03. The molecule has 14 heavy (non-hydrogen) atoms. The smallest absolute Gasteiger partial charge is 0.0706 e. The van der Waals surface area contributed by atoms with Crippen molar-refractivity contribution in [3.05, 3.63) is 16.4 Å². The van der Waals surface area contributed by atoms with Crippen LogP contribution in [0.25, 0.3) is 0 Å². The van der Waals surface area contributed by atoms with Crippen molar-refractivity contribution in [1.29, 1.82) is 0 Å². The van der Waals surface area contributed by atoms with Crippen molar-refractivity contribution in [3.8, 4) is 0 Å². The van der Waals surface area contributed by atoms with E-state index in [0.29, 0.717) is 0 Å². The first kappa shape index (κ1) is 11.7. The number of aryl methyl sites for hydroxylation is 1. The summed E-state index contributed by atoms with van der Waals surface area (Å²) >= 11 is 3.47. The van der Waals surface area contributed by atoms with E-state index >= 15 is 0 Å². The second-order valence-electron chi connectivity index (χ2n) is 3.56. The fourth-order valence-corrected chi connectivity index (χ4v) is 2.06. The number of halogens is 1. The fourth-order valence-electron chi connectivity index (χ4n) is 1.47. The average molecular weight is 261 g/mol. The predicted molar refractivity (Wildman–Crippen MR) is 61.1 cm³/mol. The van der Waals surface area contributed by atoms with E-state index in [0.717, 1.165) is 23.3 Å². The lowest BCUT2D eigenvalue weighted by Crippen LogP contribution is -2.28. The highest BCUT2D eigenvalue weighted by Crippen LogP contribution is 2.21. The summed E-state index contributed by atoms with van der Waals surface area (Å²) in [6.45, 7) is 3.73. The molecule has 1 atom stereocenters. The second-order valence-corrected chi connectivity index (χ2v) is 4.42. The van der Waals surface area contributed by atoms with Crippen LogP contribution in [0.3, 0.4) is 0 Å². The van der Waals surface area contributed by atoms with Crippen molar-refractivity contribution in [2.45, 2.75) is 19.5 Å². The molecule has 0 spiro atoms. The van der Waals surface area contributed by atoms with Gasteiger partial charge in [0.25, 0.3) is 0 Å². The maximum Gasteiger partial charge on any atom is 0.0706 e. The van der Waals surface area contributed by atoms with Gasteiger partial charge in [0.15, 0.2) is 0 Å². The van der Waals surface area contributed by atoms with Gasteiger partial charge in [-0.05, 0) is 36.9 Å². The van der Waals surface area contributed by atoms with Gasteiger partial charge in [-0.25, -0.2) is 0 Å². The van der Waals surface area contributed by atoms with Crippen LogP contribution in [-0.4, -0.2) is 35.3 Å². The minimum atomic E-state index is 0.00169. The molecule has 0 saturated heterocycles. The van der Waals surface area contributed by atoms with E-state index in [9.17, 15) is 0 Å². The Morgan fingerprint density at radius 3 is 2.79 bits per heavy atom. The average Bonchev–Trinajstić information content (AvgIpc) is 2.45. The van der Waals surface area contributed by atoms with E-state index < -0.39 is 0 Å². The highest BCUT2D eigenvalue weighted by atomic mass is 79.9. The number of likely N-dealkylation sites (N-methyl/N-ethyl adjacent to an activating group) is 1. The molecule has 2 N–H and O–H groups in total. The lowest BCUT2D eigenvalue weighted by Gasteiger charge is -2.18. The zero-order valence-corrected chi connectivity index (χ0v) is 10.5. The lowest BCUT2D eigenvalue weighted by molar-refractivity contribution is 0.365. The third-order valence-electron chi connectivity index (χ3n) is 2.05. The van der Waals surface area contributed by atoms with Crippen LogP contribution in [0, 0.1) is 0 Å². The van der Waals surface area contributed by atoms with E-state index in [-0.39, 0.29) is 6.04 Å². The van der Waals surface area contributed by atoms with Crippen LogP contribution in [0.5, 0.6) is 0 Å². The first-order valence-electron chi connectivity index (χ1n) is 4.67. The summed E-state index contributed by atoms with van der Waals surface area (Å²) < 4.78 is 2.92. The predicted octanol–water partition coefficient (Wildman–Crippen LogP) is 1.23. The zero-order chi connectivity index (χ0) is 10.7. The van der Waals surface area contributed by atoms with Gasteiger partial charge in [-0.2, -0.15) is 5.10 Å². The van der Waals surface area contributed by atoms with Gasteiger partial charge in [-0.1, -0.05) is 0 Å². The SMILES string of the molecule is CCn1ncc(Br)c1C(N)CN(C)C. The third kappa shape index (κ3) is 2.56. The van der Waals surface area contributed by atoms with Crippen LogP contribution < -0.4 is 5.73 Å². The molecule has 1 aromatic heterocycles. The van der Waals surface area contributed by atoms with Gasteiger partial charge in [0, 0.05) is 13.1 Å². The molecule has 0 amide bonds. The number of hydrogen-bond donors (Lipinski definition) is 1. The third-order valence-corrected chi connectivity index (χ3v) is 2.66. The van der Waals surface area contributed by atoms with E-state index in [1.165, 1.54) is 0 Å². The zero-order valence-electron chi connectivity index (χ0n) is 8.87. The highest BCUT2D eigenvalue weighted by Gasteiger charge is 2.16. The first-order chi connectivity index (χ1) is 6.56. The Bertz CT molecular complexity index is 295. The molecule has 1 heterocycles.